The van der Waals surface area contributed by atoms with Gasteiger partial charge in [0.2, 0.25) is 0 Å². The predicted molar refractivity (Wildman–Crippen MR) is 95.4 cm³/mol. The third-order valence-corrected chi connectivity index (χ3v) is 4.69. The lowest BCUT2D eigenvalue weighted by Crippen LogP contribution is -2.18. The van der Waals surface area contributed by atoms with E-state index in [-0.39, 0.29) is 6.04 Å². The van der Waals surface area contributed by atoms with E-state index in [2.05, 4.69) is 49.3 Å². The van der Waals surface area contributed by atoms with E-state index in [0.717, 1.165) is 25.8 Å². The quantitative estimate of drug-likeness (QED) is 0.665. The maximum Gasteiger partial charge on any atom is 0.133 e. The molecule has 5 heteroatoms. The van der Waals surface area contributed by atoms with Gasteiger partial charge in [-0.15, -0.1) is 0 Å². The lowest BCUT2D eigenvalue weighted by atomic mass is 9.99. The molecule has 2 rings (SSSR count). The molecule has 0 aliphatic heterocycles. The minimum Gasteiger partial charge on any atom is -0.493 e. The van der Waals surface area contributed by atoms with Gasteiger partial charge < -0.3 is 10.1 Å². The van der Waals surface area contributed by atoms with Gasteiger partial charge in [0.25, 0.3) is 0 Å². The van der Waals surface area contributed by atoms with Crippen LogP contribution < -0.4 is 10.1 Å². The Morgan fingerprint density at radius 2 is 1.90 bits per heavy atom. The average molecular weight is 434 g/mol. The zero-order valence-electron chi connectivity index (χ0n) is 11.8. The van der Waals surface area contributed by atoms with E-state index in [4.69, 9.17) is 16.3 Å². The molecular weight excluding hydrogens is 417 g/mol. The van der Waals surface area contributed by atoms with Crippen molar-refractivity contribution in [3.05, 3.63) is 61.5 Å². The highest BCUT2D eigenvalue weighted by molar-refractivity contribution is 9.10. The third kappa shape index (κ3) is 4.01. The van der Waals surface area contributed by atoms with E-state index in [1.54, 1.807) is 0 Å². The second-order valence-corrected chi connectivity index (χ2v) is 6.66. The van der Waals surface area contributed by atoms with E-state index in [1.807, 2.05) is 38.2 Å². The first-order chi connectivity index (χ1) is 10.1. The summed E-state index contributed by atoms with van der Waals surface area (Å²) in [6.45, 7) is 2.62. The lowest BCUT2D eigenvalue weighted by molar-refractivity contribution is 0.338. The summed E-state index contributed by atoms with van der Waals surface area (Å²) in [6.07, 6.45) is 0. The van der Waals surface area contributed by atoms with Crippen molar-refractivity contribution >= 4 is 43.5 Å². The van der Waals surface area contributed by atoms with Gasteiger partial charge in [0.05, 0.1) is 17.1 Å². The summed E-state index contributed by atoms with van der Waals surface area (Å²) < 4.78 is 7.49. The highest BCUT2D eigenvalue weighted by Gasteiger charge is 2.16. The van der Waals surface area contributed by atoms with Gasteiger partial charge in [-0.25, -0.2) is 0 Å². The number of hydrogen-bond donors (Lipinski definition) is 1. The molecule has 0 aliphatic rings. The predicted octanol–water partition coefficient (Wildman–Crippen LogP) is 5.57. The van der Waals surface area contributed by atoms with Gasteiger partial charge in [-0.3, -0.25) is 0 Å². The van der Waals surface area contributed by atoms with Gasteiger partial charge in [-0.05, 0) is 65.3 Å². The van der Waals surface area contributed by atoms with Crippen molar-refractivity contribution in [3.8, 4) is 5.75 Å². The molecule has 1 atom stereocenters. The van der Waals surface area contributed by atoms with Crippen molar-refractivity contribution in [2.75, 3.05) is 13.7 Å². The molecule has 0 radical (unpaired) electrons. The molecule has 0 spiro atoms. The Bertz CT molecular complexity index is 634. The summed E-state index contributed by atoms with van der Waals surface area (Å²) >= 11 is 13.2. The topological polar surface area (TPSA) is 21.3 Å². The maximum atomic E-state index is 6.02. The summed E-state index contributed by atoms with van der Waals surface area (Å²) in [5.74, 6) is 0.853. The molecule has 0 fully saturated rings. The van der Waals surface area contributed by atoms with Crippen LogP contribution in [-0.2, 0) is 0 Å². The molecule has 0 amide bonds. The first kappa shape index (κ1) is 16.8. The number of nitrogens with one attached hydrogen (secondary N) is 1. The van der Waals surface area contributed by atoms with Crippen LogP contribution in [0.5, 0.6) is 5.75 Å². The zero-order chi connectivity index (χ0) is 15.4. The highest BCUT2D eigenvalue weighted by atomic mass is 79.9. The SMILES string of the molecule is CCOc1ccc(C(NC)c2ccc(Cl)cc2Br)cc1Br. The van der Waals surface area contributed by atoms with Crippen LogP contribution in [0.15, 0.2) is 45.3 Å². The first-order valence-corrected chi connectivity index (χ1v) is 8.57. The molecule has 0 saturated carbocycles. The number of ether oxygens (including phenoxy) is 1. The number of hydrogen-bond acceptors (Lipinski definition) is 2. The van der Waals surface area contributed by atoms with E-state index in [9.17, 15) is 0 Å². The Hall–Kier alpha value is -0.550. The van der Waals surface area contributed by atoms with E-state index < -0.39 is 0 Å². The number of benzene rings is 2. The summed E-state index contributed by atoms with van der Waals surface area (Å²) in [6, 6.07) is 12.0. The fourth-order valence-corrected chi connectivity index (χ4v) is 3.63. The molecule has 1 N–H and O–H groups in total. The molecule has 2 aromatic carbocycles. The Morgan fingerprint density at radius 3 is 2.48 bits per heavy atom. The zero-order valence-corrected chi connectivity index (χ0v) is 15.7. The Labute approximate surface area is 147 Å². The number of halogens is 3. The van der Waals surface area contributed by atoms with Crippen LogP contribution >= 0.6 is 43.5 Å². The van der Waals surface area contributed by atoms with Crippen LogP contribution in [0, 0.1) is 0 Å². The summed E-state index contributed by atoms with van der Waals surface area (Å²) in [5, 5.41) is 4.05. The van der Waals surface area contributed by atoms with Crippen molar-refractivity contribution in [2.45, 2.75) is 13.0 Å². The molecule has 1 unspecified atom stereocenters. The summed E-state index contributed by atoms with van der Waals surface area (Å²) in [5.41, 5.74) is 2.29. The minimum atomic E-state index is 0.0728. The number of rotatable bonds is 5. The van der Waals surface area contributed by atoms with Crippen LogP contribution in [0.1, 0.15) is 24.1 Å². The smallest absolute Gasteiger partial charge is 0.133 e. The fraction of sp³-hybridized carbons (Fsp3) is 0.250. The molecule has 112 valence electrons. The van der Waals surface area contributed by atoms with Crippen LogP contribution in [-0.4, -0.2) is 13.7 Å². The molecule has 0 heterocycles. The second kappa shape index (κ2) is 7.63. The molecular formula is C16H16Br2ClNO. The Morgan fingerprint density at radius 1 is 1.14 bits per heavy atom. The normalized spacial score (nSPS) is 12.2. The summed E-state index contributed by atoms with van der Waals surface area (Å²) in [7, 11) is 1.94. The van der Waals surface area contributed by atoms with Crippen molar-refractivity contribution in [1.82, 2.24) is 5.32 Å². The molecule has 0 saturated heterocycles. The van der Waals surface area contributed by atoms with Gasteiger partial charge >= 0.3 is 0 Å². The van der Waals surface area contributed by atoms with Gasteiger partial charge in [-0.1, -0.05) is 39.7 Å². The minimum absolute atomic E-state index is 0.0728. The van der Waals surface area contributed by atoms with Crippen LogP contribution in [0.4, 0.5) is 0 Å². The van der Waals surface area contributed by atoms with Gasteiger partial charge in [0, 0.05) is 9.50 Å². The van der Waals surface area contributed by atoms with E-state index in [1.165, 1.54) is 0 Å². The van der Waals surface area contributed by atoms with Crippen molar-refractivity contribution in [1.29, 1.82) is 0 Å². The summed E-state index contributed by atoms with van der Waals surface area (Å²) in [4.78, 5) is 0. The third-order valence-electron chi connectivity index (χ3n) is 3.15. The first-order valence-electron chi connectivity index (χ1n) is 6.61. The Kier molecular flexibility index (Phi) is 6.11. The van der Waals surface area contributed by atoms with Crippen molar-refractivity contribution in [3.63, 3.8) is 0 Å². The van der Waals surface area contributed by atoms with E-state index >= 15 is 0 Å². The second-order valence-electron chi connectivity index (χ2n) is 4.51. The standard InChI is InChI=1S/C16H16Br2ClNO/c1-3-21-15-7-4-10(8-14(15)18)16(20-2)12-6-5-11(19)9-13(12)17/h4-9,16,20H,3H2,1-2H3. The van der Waals surface area contributed by atoms with Crippen LogP contribution in [0.3, 0.4) is 0 Å². The monoisotopic (exact) mass is 431 g/mol. The van der Waals surface area contributed by atoms with Crippen LogP contribution in [0.25, 0.3) is 0 Å². The lowest BCUT2D eigenvalue weighted by Gasteiger charge is -2.20. The largest absolute Gasteiger partial charge is 0.493 e. The van der Waals surface area contributed by atoms with Crippen molar-refractivity contribution in [2.24, 2.45) is 0 Å². The molecule has 0 bridgehead atoms. The van der Waals surface area contributed by atoms with Gasteiger partial charge in [-0.2, -0.15) is 0 Å². The van der Waals surface area contributed by atoms with Gasteiger partial charge in [0.15, 0.2) is 0 Å². The fourth-order valence-electron chi connectivity index (χ4n) is 2.21. The molecule has 0 aliphatic carbocycles. The molecule has 21 heavy (non-hydrogen) atoms. The average Bonchev–Trinajstić information content (AvgIpc) is 2.45. The van der Waals surface area contributed by atoms with E-state index in [0.29, 0.717) is 11.6 Å². The molecule has 0 aromatic heterocycles. The van der Waals surface area contributed by atoms with Crippen LogP contribution in [0.2, 0.25) is 5.02 Å². The maximum absolute atomic E-state index is 6.02. The van der Waals surface area contributed by atoms with Gasteiger partial charge in [0.1, 0.15) is 5.75 Å². The highest BCUT2D eigenvalue weighted by Crippen LogP contribution is 2.34. The molecule has 2 nitrogen and oxygen atoms in total. The molecule has 2 aromatic rings. The Balaban J connectivity index is 2.39. The van der Waals surface area contributed by atoms with Crippen molar-refractivity contribution < 1.29 is 4.74 Å².